The summed E-state index contributed by atoms with van der Waals surface area (Å²) < 4.78 is 0. The summed E-state index contributed by atoms with van der Waals surface area (Å²) in [6.45, 7) is 9.46. The van der Waals surface area contributed by atoms with Crippen molar-refractivity contribution in [3.63, 3.8) is 0 Å². The van der Waals surface area contributed by atoms with Crippen LogP contribution in [0.3, 0.4) is 0 Å². The molecule has 0 aliphatic rings. The standard InChI is InChI=1S/C21H47P/c1-5-9-12-14-17-21-22(18-8-4,19-15-11-7-3)20-16-13-10-6-2/h22H,5-21H2,1-4H3. The number of rotatable bonds is 17. The van der Waals surface area contributed by atoms with Crippen LogP contribution in [-0.4, -0.2) is 24.6 Å². The summed E-state index contributed by atoms with van der Waals surface area (Å²) in [4.78, 5) is 0. The summed E-state index contributed by atoms with van der Waals surface area (Å²) in [6, 6.07) is 0. The molecule has 0 aromatic heterocycles. The zero-order valence-corrected chi connectivity index (χ0v) is 17.5. The molecule has 0 radical (unpaired) electrons. The van der Waals surface area contributed by atoms with E-state index in [4.69, 9.17) is 0 Å². The van der Waals surface area contributed by atoms with Gasteiger partial charge in [0.25, 0.3) is 0 Å². The molecule has 0 heterocycles. The van der Waals surface area contributed by atoms with Gasteiger partial charge in [0, 0.05) is 0 Å². The van der Waals surface area contributed by atoms with Crippen LogP contribution in [0.5, 0.6) is 0 Å². The summed E-state index contributed by atoms with van der Waals surface area (Å²) in [6.07, 6.45) is 25.7. The second kappa shape index (κ2) is 16.3. The van der Waals surface area contributed by atoms with Crippen LogP contribution < -0.4 is 0 Å². The first-order chi connectivity index (χ1) is 10.7. The predicted molar refractivity (Wildman–Crippen MR) is 111 cm³/mol. The van der Waals surface area contributed by atoms with Crippen LogP contribution in [0, 0.1) is 0 Å². The second-order valence-corrected chi connectivity index (χ2v) is 12.7. The fourth-order valence-electron chi connectivity index (χ4n) is 4.06. The van der Waals surface area contributed by atoms with E-state index in [0.29, 0.717) is 0 Å². The minimum atomic E-state index is -0.943. The number of unbranched alkanes of at least 4 members (excludes halogenated alkanes) is 9. The second-order valence-electron chi connectivity index (χ2n) is 7.68. The zero-order valence-electron chi connectivity index (χ0n) is 16.5. The van der Waals surface area contributed by atoms with Crippen molar-refractivity contribution >= 4 is 7.26 Å². The van der Waals surface area contributed by atoms with Crippen LogP contribution in [0.1, 0.15) is 111 Å². The summed E-state index contributed by atoms with van der Waals surface area (Å²) in [7, 11) is -0.943. The summed E-state index contributed by atoms with van der Waals surface area (Å²) in [5.41, 5.74) is 0. The maximum absolute atomic E-state index is 2.44. The van der Waals surface area contributed by atoms with Crippen molar-refractivity contribution in [2.24, 2.45) is 0 Å². The summed E-state index contributed by atoms with van der Waals surface area (Å²) in [5.74, 6) is 0. The Kier molecular flexibility index (Phi) is 16.6. The van der Waals surface area contributed by atoms with E-state index in [1.807, 2.05) is 0 Å². The minimum absolute atomic E-state index is 0.943. The van der Waals surface area contributed by atoms with E-state index in [0.717, 1.165) is 0 Å². The van der Waals surface area contributed by atoms with Gasteiger partial charge in [0.15, 0.2) is 0 Å². The Bertz CT molecular complexity index is 214. The average molecular weight is 331 g/mol. The fourth-order valence-corrected chi connectivity index (χ4v) is 9.62. The Hall–Kier alpha value is 0.430. The Morgan fingerprint density at radius 2 is 0.727 bits per heavy atom. The van der Waals surface area contributed by atoms with Crippen molar-refractivity contribution in [1.82, 2.24) is 0 Å². The van der Waals surface area contributed by atoms with E-state index < -0.39 is 7.26 Å². The predicted octanol–water partition coefficient (Wildman–Crippen LogP) is 7.89. The van der Waals surface area contributed by atoms with Crippen molar-refractivity contribution in [3.05, 3.63) is 0 Å². The van der Waals surface area contributed by atoms with Crippen LogP contribution in [0.4, 0.5) is 0 Å². The van der Waals surface area contributed by atoms with Gasteiger partial charge in [-0.25, -0.2) is 0 Å². The SMILES string of the molecule is CCCCCCC[PH](CCC)(CCCCC)CCCCCC. The van der Waals surface area contributed by atoms with Crippen LogP contribution in [0.2, 0.25) is 0 Å². The summed E-state index contributed by atoms with van der Waals surface area (Å²) in [5, 5.41) is 0. The van der Waals surface area contributed by atoms with E-state index >= 15 is 0 Å². The molecule has 0 aromatic carbocycles. The van der Waals surface area contributed by atoms with Crippen molar-refractivity contribution < 1.29 is 0 Å². The van der Waals surface area contributed by atoms with E-state index in [9.17, 15) is 0 Å². The normalized spacial score (nSPS) is 12.7. The zero-order chi connectivity index (χ0) is 16.5. The molecule has 0 aliphatic carbocycles. The van der Waals surface area contributed by atoms with Crippen LogP contribution >= 0.6 is 7.26 Å². The van der Waals surface area contributed by atoms with Gasteiger partial charge >= 0.3 is 143 Å². The number of hydrogen-bond donors (Lipinski definition) is 0. The topological polar surface area (TPSA) is 0 Å². The molecule has 0 saturated carbocycles. The van der Waals surface area contributed by atoms with Gasteiger partial charge in [-0.1, -0.05) is 0 Å². The van der Waals surface area contributed by atoms with Crippen molar-refractivity contribution in [2.45, 2.75) is 111 Å². The Morgan fingerprint density at radius 3 is 1.18 bits per heavy atom. The van der Waals surface area contributed by atoms with Crippen LogP contribution in [0.15, 0.2) is 0 Å². The molecule has 0 N–H and O–H groups in total. The van der Waals surface area contributed by atoms with Crippen molar-refractivity contribution in [3.8, 4) is 0 Å². The van der Waals surface area contributed by atoms with Gasteiger partial charge in [0.05, 0.1) is 0 Å². The summed E-state index contributed by atoms with van der Waals surface area (Å²) >= 11 is 0. The molecule has 22 heavy (non-hydrogen) atoms. The van der Waals surface area contributed by atoms with Gasteiger partial charge in [0.2, 0.25) is 0 Å². The van der Waals surface area contributed by atoms with Crippen LogP contribution in [0.25, 0.3) is 0 Å². The van der Waals surface area contributed by atoms with Gasteiger partial charge < -0.3 is 0 Å². The molecular formula is C21H47P. The molecular weight excluding hydrogens is 283 g/mol. The van der Waals surface area contributed by atoms with E-state index in [-0.39, 0.29) is 0 Å². The quantitative estimate of drug-likeness (QED) is 0.188. The van der Waals surface area contributed by atoms with Gasteiger partial charge in [-0.3, -0.25) is 0 Å². The third-order valence-electron chi connectivity index (χ3n) is 5.46. The molecule has 0 aromatic rings. The maximum atomic E-state index is 2.44. The molecule has 0 nitrogen and oxygen atoms in total. The first-order valence-corrected chi connectivity index (χ1v) is 13.6. The van der Waals surface area contributed by atoms with E-state index in [1.165, 1.54) is 70.6 Å². The van der Waals surface area contributed by atoms with Gasteiger partial charge in [-0.15, -0.1) is 0 Å². The molecule has 136 valence electrons. The van der Waals surface area contributed by atoms with E-state index in [1.54, 1.807) is 37.5 Å². The average Bonchev–Trinajstić information content (AvgIpc) is 2.52. The van der Waals surface area contributed by atoms with Gasteiger partial charge in [0.1, 0.15) is 0 Å². The fraction of sp³-hybridized carbons (Fsp3) is 1.00. The number of hydrogen-bond acceptors (Lipinski definition) is 0. The Balaban J connectivity index is 4.36. The van der Waals surface area contributed by atoms with Gasteiger partial charge in [-0.05, 0) is 0 Å². The first kappa shape index (κ1) is 22.4. The molecule has 0 rings (SSSR count). The molecule has 0 bridgehead atoms. The monoisotopic (exact) mass is 330 g/mol. The van der Waals surface area contributed by atoms with E-state index in [2.05, 4.69) is 27.7 Å². The van der Waals surface area contributed by atoms with Gasteiger partial charge in [-0.2, -0.15) is 0 Å². The molecule has 0 atom stereocenters. The molecule has 0 amide bonds. The first-order valence-electron chi connectivity index (χ1n) is 10.7. The third-order valence-corrected chi connectivity index (χ3v) is 11.3. The Morgan fingerprint density at radius 1 is 0.364 bits per heavy atom. The Labute approximate surface area is 143 Å². The van der Waals surface area contributed by atoms with Crippen LogP contribution in [-0.2, 0) is 0 Å². The van der Waals surface area contributed by atoms with Crippen molar-refractivity contribution in [2.75, 3.05) is 24.6 Å². The molecule has 1 heteroatoms. The molecule has 0 fully saturated rings. The van der Waals surface area contributed by atoms with Crippen molar-refractivity contribution in [1.29, 1.82) is 0 Å². The third kappa shape index (κ3) is 11.9. The molecule has 0 unspecified atom stereocenters. The molecule has 0 aliphatic heterocycles. The molecule has 0 saturated heterocycles. The molecule has 0 spiro atoms.